The highest BCUT2D eigenvalue weighted by Crippen LogP contribution is 2.26. The molecule has 0 spiro atoms. The maximum absolute atomic E-state index is 10.6. The van der Waals surface area contributed by atoms with Gasteiger partial charge in [-0.25, -0.2) is 0 Å². The highest BCUT2D eigenvalue weighted by Gasteiger charge is 2.27. The van der Waals surface area contributed by atoms with Crippen LogP contribution in [-0.2, 0) is 6.54 Å². The second-order valence-corrected chi connectivity index (χ2v) is 6.10. The summed E-state index contributed by atoms with van der Waals surface area (Å²) in [7, 11) is 0. The van der Waals surface area contributed by atoms with E-state index in [0.29, 0.717) is 6.54 Å². The van der Waals surface area contributed by atoms with E-state index in [0.717, 1.165) is 32.2 Å². The van der Waals surface area contributed by atoms with E-state index in [2.05, 4.69) is 34.6 Å². The fraction of sp³-hybridized carbons (Fsp3) is 0.529. The number of rotatable bonds is 4. The molecule has 3 rings (SSSR count). The number of hydrogen-bond acceptors (Lipinski definition) is 2. The Morgan fingerprint density at radius 2 is 1.90 bits per heavy atom. The highest BCUT2D eigenvalue weighted by molar-refractivity contribution is 5.82. The topological polar surface area (TPSA) is 48.0 Å². The van der Waals surface area contributed by atoms with Gasteiger partial charge in [-0.3, -0.25) is 0 Å². The Balaban J connectivity index is 1.60. The summed E-state index contributed by atoms with van der Waals surface area (Å²) in [4.78, 5) is 3.24. The van der Waals surface area contributed by atoms with Crippen LogP contribution in [0.4, 0.5) is 0 Å². The van der Waals surface area contributed by atoms with Crippen molar-refractivity contribution < 1.29 is 5.11 Å². The summed E-state index contributed by atoms with van der Waals surface area (Å²) >= 11 is 0. The van der Waals surface area contributed by atoms with Crippen LogP contribution in [0.25, 0.3) is 10.9 Å². The minimum atomic E-state index is -0.497. The number of aromatic nitrogens is 1. The van der Waals surface area contributed by atoms with Crippen LogP contribution in [0.2, 0.25) is 0 Å². The molecule has 0 unspecified atom stereocenters. The zero-order valence-electron chi connectivity index (χ0n) is 12.0. The molecule has 3 N–H and O–H groups in total. The van der Waals surface area contributed by atoms with E-state index >= 15 is 0 Å². The summed E-state index contributed by atoms with van der Waals surface area (Å²) in [6.45, 7) is 1.52. The SMILES string of the molecule is OC1(CNCc2cccc3[nH]ccc23)CCCCCC1. The van der Waals surface area contributed by atoms with Gasteiger partial charge in [0.1, 0.15) is 0 Å². The van der Waals surface area contributed by atoms with Crippen molar-refractivity contribution in [2.45, 2.75) is 50.7 Å². The Hall–Kier alpha value is -1.32. The molecule has 0 radical (unpaired) electrons. The number of fused-ring (bicyclic) bond motifs is 1. The van der Waals surface area contributed by atoms with Gasteiger partial charge < -0.3 is 15.4 Å². The number of nitrogens with one attached hydrogen (secondary N) is 2. The fourth-order valence-electron chi connectivity index (χ4n) is 3.30. The Bertz CT molecular complexity index is 553. The Kier molecular flexibility index (Phi) is 4.08. The van der Waals surface area contributed by atoms with Crippen LogP contribution in [0.1, 0.15) is 44.1 Å². The lowest BCUT2D eigenvalue weighted by Gasteiger charge is -2.27. The maximum Gasteiger partial charge on any atom is 0.0771 e. The monoisotopic (exact) mass is 272 g/mol. The number of hydrogen-bond donors (Lipinski definition) is 3. The summed E-state index contributed by atoms with van der Waals surface area (Å²) in [5, 5.41) is 15.4. The van der Waals surface area contributed by atoms with E-state index in [1.807, 2.05) is 6.20 Å². The van der Waals surface area contributed by atoms with Gasteiger partial charge in [0.05, 0.1) is 5.60 Å². The van der Waals surface area contributed by atoms with E-state index < -0.39 is 5.60 Å². The zero-order valence-corrected chi connectivity index (χ0v) is 12.0. The Morgan fingerprint density at radius 3 is 2.70 bits per heavy atom. The van der Waals surface area contributed by atoms with Gasteiger partial charge in [0.25, 0.3) is 0 Å². The van der Waals surface area contributed by atoms with Crippen LogP contribution >= 0.6 is 0 Å². The molecule has 1 fully saturated rings. The van der Waals surface area contributed by atoms with Crippen molar-refractivity contribution in [1.29, 1.82) is 0 Å². The molecule has 0 amide bonds. The molecular formula is C17H24N2O. The second-order valence-electron chi connectivity index (χ2n) is 6.10. The minimum absolute atomic E-state index is 0.497. The molecule has 20 heavy (non-hydrogen) atoms. The van der Waals surface area contributed by atoms with Crippen LogP contribution in [0.15, 0.2) is 30.5 Å². The minimum Gasteiger partial charge on any atom is -0.389 e. The standard InChI is InChI=1S/C17H24N2O/c20-17(9-3-1-2-4-10-17)13-18-12-14-6-5-7-16-15(14)8-11-19-16/h5-8,11,18-20H,1-4,9-10,12-13H2. The van der Waals surface area contributed by atoms with Crippen molar-refractivity contribution in [3.63, 3.8) is 0 Å². The van der Waals surface area contributed by atoms with Gasteiger partial charge in [0.2, 0.25) is 0 Å². The predicted molar refractivity (Wildman–Crippen MR) is 82.7 cm³/mol. The molecule has 1 aromatic carbocycles. The van der Waals surface area contributed by atoms with Crippen molar-refractivity contribution in [1.82, 2.24) is 10.3 Å². The molecule has 0 atom stereocenters. The zero-order chi connectivity index (χ0) is 13.8. The number of benzene rings is 1. The van der Waals surface area contributed by atoms with E-state index in [1.165, 1.54) is 29.3 Å². The molecule has 108 valence electrons. The van der Waals surface area contributed by atoms with Crippen LogP contribution < -0.4 is 5.32 Å². The normalized spacial score (nSPS) is 19.1. The summed E-state index contributed by atoms with van der Waals surface area (Å²) in [5.41, 5.74) is 1.97. The second kappa shape index (κ2) is 5.98. The third kappa shape index (κ3) is 3.05. The van der Waals surface area contributed by atoms with E-state index in [9.17, 15) is 5.11 Å². The van der Waals surface area contributed by atoms with Gasteiger partial charge in [-0.1, -0.05) is 37.8 Å². The van der Waals surface area contributed by atoms with Crippen LogP contribution in [0.3, 0.4) is 0 Å². The van der Waals surface area contributed by atoms with Gasteiger partial charge in [0, 0.05) is 30.2 Å². The average molecular weight is 272 g/mol. The first-order chi connectivity index (χ1) is 9.77. The van der Waals surface area contributed by atoms with Gasteiger partial charge >= 0.3 is 0 Å². The van der Waals surface area contributed by atoms with Gasteiger partial charge in [-0.05, 0) is 30.5 Å². The van der Waals surface area contributed by atoms with E-state index in [-0.39, 0.29) is 0 Å². The summed E-state index contributed by atoms with van der Waals surface area (Å²) in [5.74, 6) is 0. The first-order valence-electron chi connectivity index (χ1n) is 7.75. The van der Waals surface area contributed by atoms with Crippen LogP contribution in [0, 0.1) is 0 Å². The molecule has 0 saturated heterocycles. The lowest BCUT2D eigenvalue weighted by atomic mass is 9.94. The van der Waals surface area contributed by atoms with Gasteiger partial charge in [0.15, 0.2) is 0 Å². The van der Waals surface area contributed by atoms with Crippen LogP contribution in [0.5, 0.6) is 0 Å². The quantitative estimate of drug-likeness (QED) is 0.748. The maximum atomic E-state index is 10.6. The fourth-order valence-corrected chi connectivity index (χ4v) is 3.30. The predicted octanol–water partition coefficient (Wildman–Crippen LogP) is 3.34. The molecule has 1 aliphatic carbocycles. The smallest absolute Gasteiger partial charge is 0.0771 e. The van der Waals surface area contributed by atoms with E-state index in [4.69, 9.17) is 0 Å². The third-order valence-corrected chi connectivity index (χ3v) is 4.49. The number of aromatic amines is 1. The molecule has 1 heterocycles. The average Bonchev–Trinajstić information content (AvgIpc) is 2.82. The molecule has 3 nitrogen and oxygen atoms in total. The van der Waals surface area contributed by atoms with E-state index in [1.54, 1.807) is 0 Å². The number of H-pyrrole nitrogens is 1. The number of aliphatic hydroxyl groups is 1. The van der Waals surface area contributed by atoms with Crippen molar-refractivity contribution >= 4 is 10.9 Å². The summed E-state index contributed by atoms with van der Waals surface area (Å²) in [6, 6.07) is 8.45. The van der Waals surface area contributed by atoms with Crippen molar-refractivity contribution in [2.75, 3.05) is 6.54 Å². The molecule has 1 aromatic heterocycles. The lowest BCUT2D eigenvalue weighted by Crippen LogP contribution is -2.39. The molecule has 0 aliphatic heterocycles. The first-order valence-corrected chi connectivity index (χ1v) is 7.75. The molecule has 2 aromatic rings. The highest BCUT2D eigenvalue weighted by atomic mass is 16.3. The Morgan fingerprint density at radius 1 is 1.10 bits per heavy atom. The molecule has 1 aliphatic rings. The van der Waals surface area contributed by atoms with Gasteiger partial charge in [-0.2, -0.15) is 0 Å². The molecule has 0 bridgehead atoms. The Labute approximate surface area is 120 Å². The van der Waals surface area contributed by atoms with Crippen LogP contribution in [-0.4, -0.2) is 22.2 Å². The lowest BCUT2D eigenvalue weighted by molar-refractivity contribution is 0.0250. The van der Waals surface area contributed by atoms with Crippen molar-refractivity contribution in [2.24, 2.45) is 0 Å². The first kappa shape index (κ1) is 13.7. The van der Waals surface area contributed by atoms with Gasteiger partial charge in [-0.15, -0.1) is 0 Å². The molecular weight excluding hydrogens is 248 g/mol. The molecule has 1 saturated carbocycles. The largest absolute Gasteiger partial charge is 0.389 e. The van der Waals surface area contributed by atoms with Crippen molar-refractivity contribution in [3.8, 4) is 0 Å². The van der Waals surface area contributed by atoms with Crippen molar-refractivity contribution in [3.05, 3.63) is 36.0 Å². The summed E-state index contributed by atoms with van der Waals surface area (Å²) < 4.78 is 0. The third-order valence-electron chi connectivity index (χ3n) is 4.49. The molecule has 3 heteroatoms. The summed E-state index contributed by atoms with van der Waals surface area (Å²) in [6.07, 6.45) is 8.71.